The molecule has 2 N–H and O–H groups in total. The summed E-state index contributed by atoms with van der Waals surface area (Å²) in [7, 11) is 1.65. The molecule has 0 spiro atoms. The van der Waals surface area contributed by atoms with E-state index in [1.54, 1.807) is 7.11 Å². The van der Waals surface area contributed by atoms with Crippen LogP contribution in [0.15, 0.2) is 23.4 Å². The van der Waals surface area contributed by atoms with Gasteiger partial charge in [-0.3, -0.25) is 0 Å². The molecule has 0 bridgehead atoms. The first kappa shape index (κ1) is 12.2. The van der Waals surface area contributed by atoms with E-state index in [1.807, 2.05) is 6.08 Å². The van der Waals surface area contributed by atoms with Gasteiger partial charge in [0.1, 0.15) is 0 Å². The Morgan fingerprint density at radius 1 is 1.54 bits per heavy atom. The number of hydrogen-bond donors (Lipinski definition) is 1. The van der Waals surface area contributed by atoms with Crippen LogP contribution in [0.2, 0.25) is 0 Å². The van der Waals surface area contributed by atoms with Crippen LogP contribution in [-0.4, -0.2) is 13.7 Å². The third-order valence-corrected chi connectivity index (χ3v) is 2.28. The fourth-order valence-electron chi connectivity index (χ4n) is 1.02. The van der Waals surface area contributed by atoms with Gasteiger partial charge in [0.25, 0.3) is 0 Å². The zero-order valence-corrected chi connectivity index (χ0v) is 9.13. The number of hydrogen-bond acceptors (Lipinski definition) is 2. The van der Waals surface area contributed by atoms with E-state index in [0.717, 1.165) is 12.1 Å². The van der Waals surface area contributed by atoms with Crippen molar-refractivity contribution in [3.05, 3.63) is 23.4 Å². The van der Waals surface area contributed by atoms with Gasteiger partial charge in [0.15, 0.2) is 0 Å². The van der Waals surface area contributed by atoms with Crippen LogP contribution in [0.1, 0.15) is 27.2 Å². The maximum absolute atomic E-state index is 5.69. The van der Waals surface area contributed by atoms with Gasteiger partial charge < -0.3 is 10.5 Å². The summed E-state index contributed by atoms with van der Waals surface area (Å²) in [6.45, 7) is 6.94. The second kappa shape index (κ2) is 6.72. The first-order chi connectivity index (χ1) is 6.11. The Morgan fingerprint density at radius 2 is 2.15 bits per heavy atom. The monoisotopic (exact) mass is 183 g/mol. The van der Waals surface area contributed by atoms with Crippen LogP contribution in [0.3, 0.4) is 0 Å². The van der Waals surface area contributed by atoms with Crippen LogP contribution >= 0.6 is 0 Å². The van der Waals surface area contributed by atoms with Crippen LogP contribution in [0, 0.1) is 5.92 Å². The average Bonchev–Trinajstić information content (AvgIpc) is 2.13. The Morgan fingerprint density at radius 3 is 2.62 bits per heavy atom. The molecule has 0 amide bonds. The fourth-order valence-corrected chi connectivity index (χ4v) is 1.02. The normalized spacial score (nSPS) is 16.0. The lowest BCUT2D eigenvalue weighted by Crippen LogP contribution is -2.05. The molecular formula is C11H21NO. The van der Waals surface area contributed by atoms with E-state index >= 15 is 0 Å². The second-order valence-corrected chi connectivity index (χ2v) is 3.38. The number of nitrogens with two attached hydrogens (primary N) is 1. The van der Waals surface area contributed by atoms with E-state index < -0.39 is 0 Å². The lowest BCUT2D eigenvalue weighted by molar-refractivity contribution is 0.224. The summed E-state index contributed by atoms with van der Waals surface area (Å²) in [4.78, 5) is 0. The number of allylic oxidation sites excluding steroid dienone is 3. The van der Waals surface area contributed by atoms with Crippen molar-refractivity contribution in [2.45, 2.75) is 27.2 Å². The lowest BCUT2D eigenvalue weighted by atomic mass is 9.98. The van der Waals surface area contributed by atoms with Gasteiger partial charge in [-0.2, -0.15) is 0 Å². The molecule has 0 aromatic heterocycles. The Kier molecular flexibility index (Phi) is 6.33. The zero-order valence-electron chi connectivity index (χ0n) is 9.13. The van der Waals surface area contributed by atoms with E-state index in [2.05, 4.69) is 26.8 Å². The molecule has 0 saturated carbocycles. The zero-order chi connectivity index (χ0) is 10.3. The highest BCUT2D eigenvalue weighted by molar-refractivity contribution is 5.05. The molecule has 0 saturated heterocycles. The molecule has 76 valence electrons. The van der Waals surface area contributed by atoms with Gasteiger partial charge in [-0.15, -0.1) is 0 Å². The molecule has 0 radical (unpaired) electrons. The maximum Gasteiger partial charge on any atom is 0.0853 e. The van der Waals surface area contributed by atoms with E-state index in [-0.39, 0.29) is 0 Å². The summed E-state index contributed by atoms with van der Waals surface area (Å²) in [5.74, 6) is 0.570. The van der Waals surface area contributed by atoms with E-state index in [9.17, 15) is 0 Å². The van der Waals surface area contributed by atoms with Gasteiger partial charge in [0.05, 0.1) is 6.61 Å². The van der Waals surface area contributed by atoms with Crippen molar-refractivity contribution in [2.75, 3.05) is 13.7 Å². The van der Waals surface area contributed by atoms with E-state index in [1.165, 1.54) is 5.57 Å². The summed E-state index contributed by atoms with van der Waals surface area (Å²) >= 11 is 0. The van der Waals surface area contributed by atoms with Gasteiger partial charge in [0.2, 0.25) is 0 Å². The molecule has 2 heteroatoms. The standard InChI is InChI=1S/C11H21NO/c1-5-9(2)10(3)6-7-11(12)8-13-4/h5,7,10H,6,8,12H2,1-4H3/b9-5-,11-7-. The summed E-state index contributed by atoms with van der Waals surface area (Å²) in [6.07, 6.45) is 5.18. The van der Waals surface area contributed by atoms with E-state index in [4.69, 9.17) is 10.5 Å². The molecule has 0 aromatic rings. The molecular weight excluding hydrogens is 162 g/mol. The summed E-state index contributed by atoms with van der Waals surface area (Å²) < 4.78 is 4.91. The minimum atomic E-state index is 0.529. The van der Waals surface area contributed by atoms with Crippen LogP contribution in [0.4, 0.5) is 0 Å². The van der Waals surface area contributed by atoms with Crippen molar-refractivity contribution in [3.63, 3.8) is 0 Å². The minimum Gasteiger partial charge on any atom is -0.400 e. The van der Waals surface area contributed by atoms with Gasteiger partial charge in [0, 0.05) is 12.8 Å². The Balaban J connectivity index is 3.93. The summed E-state index contributed by atoms with van der Waals surface area (Å²) in [5, 5.41) is 0. The van der Waals surface area contributed by atoms with Crippen molar-refractivity contribution < 1.29 is 4.74 Å². The predicted molar refractivity (Wildman–Crippen MR) is 57.4 cm³/mol. The van der Waals surface area contributed by atoms with Gasteiger partial charge in [-0.25, -0.2) is 0 Å². The minimum absolute atomic E-state index is 0.529. The average molecular weight is 183 g/mol. The first-order valence-electron chi connectivity index (χ1n) is 4.68. The SMILES string of the molecule is C/C=C(/C)C(C)C/C=C(\N)COC. The fraction of sp³-hybridized carbons (Fsp3) is 0.636. The summed E-state index contributed by atoms with van der Waals surface area (Å²) in [5.41, 5.74) is 7.91. The molecule has 0 fully saturated rings. The summed E-state index contributed by atoms with van der Waals surface area (Å²) in [6, 6.07) is 0. The number of methoxy groups -OCH3 is 1. The largest absolute Gasteiger partial charge is 0.400 e. The number of rotatable bonds is 5. The Labute approximate surface area is 81.5 Å². The van der Waals surface area contributed by atoms with Gasteiger partial charge >= 0.3 is 0 Å². The Bertz CT molecular complexity index is 194. The van der Waals surface area contributed by atoms with Crippen LogP contribution in [0.5, 0.6) is 0 Å². The molecule has 0 aliphatic rings. The third kappa shape index (κ3) is 5.47. The molecule has 1 atom stereocenters. The highest BCUT2D eigenvalue weighted by atomic mass is 16.5. The molecule has 2 nitrogen and oxygen atoms in total. The van der Waals surface area contributed by atoms with Crippen molar-refractivity contribution in [2.24, 2.45) is 11.7 Å². The third-order valence-electron chi connectivity index (χ3n) is 2.28. The quantitative estimate of drug-likeness (QED) is 0.664. The molecule has 1 unspecified atom stereocenters. The molecule has 13 heavy (non-hydrogen) atoms. The molecule has 0 aromatic carbocycles. The lowest BCUT2D eigenvalue weighted by Gasteiger charge is -2.09. The van der Waals surface area contributed by atoms with Gasteiger partial charge in [-0.05, 0) is 26.2 Å². The molecule has 0 rings (SSSR count). The highest BCUT2D eigenvalue weighted by Crippen LogP contribution is 2.14. The maximum atomic E-state index is 5.69. The van der Waals surface area contributed by atoms with Crippen molar-refractivity contribution in [1.29, 1.82) is 0 Å². The molecule has 0 aliphatic heterocycles. The predicted octanol–water partition coefficient (Wildman–Crippen LogP) is 2.47. The second-order valence-electron chi connectivity index (χ2n) is 3.38. The van der Waals surface area contributed by atoms with Crippen molar-refractivity contribution >= 4 is 0 Å². The first-order valence-corrected chi connectivity index (χ1v) is 4.68. The van der Waals surface area contributed by atoms with Crippen molar-refractivity contribution in [3.8, 4) is 0 Å². The smallest absolute Gasteiger partial charge is 0.0853 e. The highest BCUT2D eigenvalue weighted by Gasteiger charge is 2.01. The molecule has 0 aliphatic carbocycles. The Hall–Kier alpha value is -0.760. The number of ether oxygens (including phenoxy) is 1. The molecule has 0 heterocycles. The van der Waals surface area contributed by atoms with Gasteiger partial charge in [-0.1, -0.05) is 24.6 Å². The topological polar surface area (TPSA) is 35.2 Å². The van der Waals surface area contributed by atoms with Crippen molar-refractivity contribution in [1.82, 2.24) is 0 Å². The van der Waals surface area contributed by atoms with Crippen LogP contribution < -0.4 is 5.73 Å². The van der Waals surface area contributed by atoms with E-state index in [0.29, 0.717) is 12.5 Å². The van der Waals surface area contributed by atoms with Crippen LogP contribution in [-0.2, 0) is 4.74 Å². The van der Waals surface area contributed by atoms with Crippen LogP contribution in [0.25, 0.3) is 0 Å².